The first-order chi connectivity index (χ1) is 8.04. The van der Waals surface area contributed by atoms with Crippen LogP contribution in [0.15, 0.2) is 30.0 Å². The molecule has 0 spiro atoms. The van der Waals surface area contributed by atoms with Crippen molar-refractivity contribution in [1.29, 1.82) is 0 Å². The maximum atomic E-state index is 11.5. The number of halogens is 2. The van der Waals surface area contributed by atoms with E-state index in [0.29, 0.717) is 15.7 Å². The van der Waals surface area contributed by atoms with Gasteiger partial charge in [-0.2, -0.15) is 0 Å². The molecule has 0 saturated carbocycles. The molecule has 0 aromatic heterocycles. The zero-order valence-corrected chi connectivity index (χ0v) is 11.2. The largest absolute Gasteiger partial charge is 0.323 e. The predicted octanol–water partition coefficient (Wildman–Crippen LogP) is 4.43. The summed E-state index contributed by atoms with van der Waals surface area (Å²) in [7, 11) is 0. The Morgan fingerprint density at radius 1 is 1.41 bits per heavy atom. The molecule has 0 unspecified atom stereocenters. The van der Waals surface area contributed by atoms with Gasteiger partial charge in [-0.3, -0.25) is 0 Å². The van der Waals surface area contributed by atoms with E-state index in [1.54, 1.807) is 24.4 Å². The fraction of sp³-hybridized carbons (Fsp3) is 0.250. The van der Waals surface area contributed by atoms with Gasteiger partial charge in [0.25, 0.3) is 0 Å². The molecule has 1 rings (SSSR count). The molecule has 1 aromatic rings. The summed E-state index contributed by atoms with van der Waals surface area (Å²) in [5.74, 6) is 0. The van der Waals surface area contributed by atoms with E-state index in [-0.39, 0.29) is 6.03 Å². The van der Waals surface area contributed by atoms with Crippen LogP contribution in [0.25, 0.3) is 0 Å². The molecule has 5 heteroatoms. The second-order valence-corrected chi connectivity index (χ2v) is 4.33. The first kappa shape index (κ1) is 13.9. The van der Waals surface area contributed by atoms with Crippen molar-refractivity contribution in [3.05, 3.63) is 40.0 Å². The maximum Gasteiger partial charge on any atom is 0.323 e. The van der Waals surface area contributed by atoms with Crippen molar-refractivity contribution in [1.82, 2.24) is 5.32 Å². The quantitative estimate of drug-likeness (QED) is 0.840. The number of hydrogen-bond donors (Lipinski definition) is 2. The van der Waals surface area contributed by atoms with Crippen LogP contribution in [0, 0.1) is 0 Å². The number of anilines is 1. The highest BCUT2D eigenvalue weighted by atomic mass is 35.5. The van der Waals surface area contributed by atoms with Crippen LogP contribution in [-0.2, 0) is 0 Å². The van der Waals surface area contributed by atoms with Crippen molar-refractivity contribution in [3.63, 3.8) is 0 Å². The SMILES string of the molecule is CC/C(C)=C/NC(=O)Nc1cccc(Cl)c1Cl. The molecular weight excluding hydrogens is 259 g/mol. The highest BCUT2D eigenvalue weighted by Crippen LogP contribution is 2.29. The molecule has 0 heterocycles. The average molecular weight is 273 g/mol. The Hall–Kier alpha value is -1.19. The molecule has 2 N–H and O–H groups in total. The molecule has 0 aliphatic heterocycles. The summed E-state index contributed by atoms with van der Waals surface area (Å²) in [5, 5.41) is 5.98. The third-order valence-corrected chi connectivity index (χ3v) is 3.03. The van der Waals surface area contributed by atoms with Gasteiger partial charge in [0.2, 0.25) is 0 Å². The number of nitrogens with one attached hydrogen (secondary N) is 2. The number of amides is 2. The van der Waals surface area contributed by atoms with E-state index in [0.717, 1.165) is 12.0 Å². The van der Waals surface area contributed by atoms with Gasteiger partial charge >= 0.3 is 6.03 Å². The molecule has 2 amide bonds. The number of rotatable bonds is 3. The lowest BCUT2D eigenvalue weighted by atomic mass is 10.3. The fourth-order valence-corrected chi connectivity index (χ4v) is 1.40. The number of urea groups is 1. The Labute approximate surface area is 111 Å². The minimum absolute atomic E-state index is 0.334. The summed E-state index contributed by atoms with van der Waals surface area (Å²) in [6.07, 6.45) is 2.55. The number of hydrogen-bond acceptors (Lipinski definition) is 1. The molecule has 1 aromatic carbocycles. The van der Waals surface area contributed by atoms with Gasteiger partial charge in [0.05, 0.1) is 15.7 Å². The van der Waals surface area contributed by atoms with Gasteiger partial charge in [-0.15, -0.1) is 0 Å². The van der Waals surface area contributed by atoms with Crippen molar-refractivity contribution in [2.75, 3.05) is 5.32 Å². The molecule has 0 radical (unpaired) electrons. The molecule has 17 heavy (non-hydrogen) atoms. The van der Waals surface area contributed by atoms with Gasteiger partial charge in [0.1, 0.15) is 0 Å². The zero-order valence-electron chi connectivity index (χ0n) is 9.68. The highest BCUT2D eigenvalue weighted by Gasteiger charge is 2.06. The van der Waals surface area contributed by atoms with Crippen LogP contribution < -0.4 is 10.6 Å². The normalized spacial score (nSPS) is 11.2. The molecule has 0 fully saturated rings. The van der Waals surface area contributed by atoms with Crippen molar-refractivity contribution >= 4 is 34.9 Å². The van der Waals surface area contributed by atoms with Gasteiger partial charge in [-0.1, -0.05) is 41.8 Å². The summed E-state index contributed by atoms with van der Waals surface area (Å²) in [4.78, 5) is 11.5. The van der Waals surface area contributed by atoms with Crippen molar-refractivity contribution in [2.24, 2.45) is 0 Å². The molecule has 0 aliphatic rings. The van der Waals surface area contributed by atoms with Crippen molar-refractivity contribution in [2.45, 2.75) is 20.3 Å². The van der Waals surface area contributed by atoms with Gasteiger partial charge in [0, 0.05) is 6.20 Å². The Balaban J connectivity index is 2.66. The fourth-order valence-electron chi connectivity index (χ4n) is 1.05. The highest BCUT2D eigenvalue weighted by molar-refractivity contribution is 6.43. The number of allylic oxidation sites excluding steroid dienone is 1. The van der Waals surface area contributed by atoms with E-state index in [1.165, 1.54) is 0 Å². The van der Waals surface area contributed by atoms with Crippen LogP contribution in [0.1, 0.15) is 20.3 Å². The second kappa shape index (κ2) is 6.52. The van der Waals surface area contributed by atoms with Crippen LogP contribution >= 0.6 is 23.2 Å². The van der Waals surface area contributed by atoms with Gasteiger partial charge < -0.3 is 10.6 Å². The number of carbonyl (C=O) groups is 1. The number of benzene rings is 1. The van der Waals surface area contributed by atoms with Crippen LogP contribution in [-0.4, -0.2) is 6.03 Å². The summed E-state index contributed by atoms with van der Waals surface area (Å²) in [5.41, 5.74) is 1.57. The monoisotopic (exact) mass is 272 g/mol. The Morgan fingerprint density at radius 2 is 2.12 bits per heavy atom. The lowest BCUT2D eigenvalue weighted by molar-refractivity contribution is 0.255. The third kappa shape index (κ3) is 4.29. The van der Waals surface area contributed by atoms with Crippen LogP contribution in [0.3, 0.4) is 0 Å². The molecule has 0 saturated heterocycles. The third-order valence-electron chi connectivity index (χ3n) is 2.21. The molecule has 92 valence electrons. The predicted molar refractivity (Wildman–Crippen MR) is 72.7 cm³/mol. The van der Waals surface area contributed by atoms with Crippen molar-refractivity contribution in [3.8, 4) is 0 Å². The average Bonchev–Trinajstić information content (AvgIpc) is 2.32. The van der Waals surface area contributed by atoms with Gasteiger partial charge in [-0.05, 0) is 25.5 Å². The Morgan fingerprint density at radius 3 is 2.76 bits per heavy atom. The van der Waals surface area contributed by atoms with E-state index in [2.05, 4.69) is 10.6 Å². The van der Waals surface area contributed by atoms with Crippen molar-refractivity contribution < 1.29 is 4.79 Å². The number of carbonyl (C=O) groups excluding carboxylic acids is 1. The second-order valence-electron chi connectivity index (χ2n) is 3.54. The molecular formula is C12H14Cl2N2O. The standard InChI is InChI=1S/C12H14Cl2N2O/c1-3-8(2)7-15-12(17)16-10-6-4-5-9(13)11(10)14/h4-7H,3H2,1-2H3,(H2,15,16,17)/b8-7+. The summed E-state index contributed by atoms with van der Waals surface area (Å²) in [6, 6.07) is 4.72. The molecule has 0 aliphatic carbocycles. The first-order valence-electron chi connectivity index (χ1n) is 5.21. The minimum Gasteiger partial charge on any atom is -0.314 e. The van der Waals surface area contributed by atoms with E-state index in [1.807, 2.05) is 13.8 Å². The maximum absolute atomic E-state index is 11.5. The van der Waals surface area contributed by atoms with Crippen LogP contribution in [0.5, 0.6) is 0 Å². The Bertz CT molecular complexity index is 444. The molecule has 0 atom stereocenters. The van der Waals surface area contributed by atoms with Crippen LogP contribution in [0.2, 0.25) is 10.0 Å². The Kier molecular flexibility index (Phi) is 5.32. The van der Waals surface area contributed by atoms with E-state index < -0.39 is 0 Å². The smallest absolute Gasteiger partial charge is 0.314 e. The van der Waals surface area contributed by atoms with E-state index in [9.17, 15) is 4.79 Å². The van der Waals surface area contributed by atoms with Crippen LogP contribution in [0.4, 0.5) is 10.5 Å². The summed E-state index contributed by atoms with van der Waals surface area (Å²) in [6.45, 7) is 3.95. The van der Waals surface area contributed by atoms with Gasteiger partial charge in [-0.25, -0.2) is 4.79 Å². The lowest BCUT2D eigenvalue weighted by Gasteiger charge is -2.08. The lowest BCUT2D eigenvalue weighted by Crippen LogP contribution is -2.24. The first-order valence-corrected chi connectivity index (χ1v) is 5.97. The summed E-state index contributed by atoms with van der Waals surface area (Å²) >= 11 is 11.8. The summed E-state index contributed by atoms with van der Waals surface area (Å²) < 4.78 is 0. The zero-order chi connectivity index (χ0) is 12.8. The molecule has 0 bridgehead atoms. The van der Waals surface area contributed by atoms with Gasteiger partial charge in [0.15, 0.2) is 0 Å². The minimum atomic E-state index is -0.345. The molecule has 3 nitrogen and oxygen atoms in total. The van der Waals surface area contributed by atoms with E-state index in [4.69, 9.17) is 23.2 Å². The van der Waals surface area contributed by atoms with E-state index >= 15 is 0 Å². The topological polar surface area (TPSA) is 41.1 Å².